The van der Waals surface area contributed by atoms with E-state index in [-0.39, 0.29) is 29.4 Å². The molecule has 2 aromatic heterocycles. The van der Waals surface area contributed by atoms with Crippen LogP contribution in [0.5, 0.6) is 0 Å². The number of nitrogens with zero attached hydrogens (tertiary/aromatic N) is 2. The highest BCUT2D eigenvalue weighted by atomic mass is 35.5. The third kappa shape index (κ3) is 6.19. The van der Waals surface area contributed by atoms with Gasteiger partial charge in [0.25, 0.3) is 5.91 Å². The van der Waals surface area contributed by atoms with E-state index in [9.17, 15) is 22.8 Å². The van der Waals surface area contributed by atoms with Crippen LogP contribution in [0.2, 0.25) is 5.02 Å². The molecule has 0 saturated heterocycles. The molecule has 4 rings (SSSR count). The molecule has 0 atom stereocenters. The van der Waals surface area contributed by atoms with Crippen LogP contribution in [0.15, 0.2) is 42.6 Å². The second-order valence-corrected chi connectivity index (χ2v) is 8.93. The fourth-order valence-electron chi connectivity index (χ4n) is 4.15. The van der Waals surface area contributed by atoms with Gasteiger partial charge in [-0.1, -0.05) is 11.6 Å². The SMILES string of the molecule is CC(=O)Nc1cc(C(=O)NC2CCC(Nc3cc(C(F)(F)F)nc4ccc(Cl)cc34)CC2)ccn1. The molecule has 1 aromatic carbocycles. The van der Waals surface area contributed by atoms with Gasteiger partial charge in [-0.05, 0) is 62.1 Å². The maximum absolute atomic E-state index is 13.4. The summed E-state index contributed by atoms with van der Waals surface area (Å²) in [7, 11) is 0. The van der Waals surface area contributed by atoms with Gasteiger partial charge in [-0.3, -0.25) is 9.59 Å². The quantitative estimate of drug-likeness (QED) is 0.430. The minimum atomic E-state index is -4.57. The molecule has 3 aromatic rings. The topological polar surface area (TPSA) is 96.0 Å². The number of rotatable bonds is 5. The summed E-state index contributed by atoms with van der Waals surface area (Å²) in [6, 6.07) is 8.52. The van der Waals surface area contributed by atoms with E-state index in [1.165, 1.54) is 31.3 Å². The van der Waals surface area contributed by atoms with Crippen LogP contribution in [0, 0.1) is 0 Å². The number of hydrogen-bond acceptors (Lipinski definition) is 5. The van der Waals surface area contributed by atoms with Gasteiger partial charge in [-0.25, -0.2) is 9.97 Å². The highest BCUT2D eigenvalue weighted by Gasteiger charge is 2.34. The van der Waals surface area contributed by atoms with Crippen LogP contribution in [0.1, 0.15) is 48.7 Å². The van der Waals surface area contributed by atoms with Crippen molar-refractivity contribution in [2.24, 2.45) is 0 Å². The number of carbonyl (C=O) groups excluding carboxylic acids is 2. The minimum Gasteiger partial charge on any atom is -0.382 e. The molecule has 0 bridgehead atoms. The molecule has 1 aliphatic rings. The molecule has 3 N–H and O–H groups in total. The van der Waals surface area contributed by atoms with Crippen molar-refractivity contribution in [1.82, 2.24) is 15.3 Å². The number of aromatic nitrogens is 2. The van der Waals surface area contributed by atoms with Crippen molar-refractivity contribution < 1.29 is 22.8 Å². The summed E-state index contributed by atoms with van der Waals surface area (Å²) in [6.07, 6.45) is -0.499. The number of benzene rings is 1. The molecule has 0 aliphatic heterocycles. The first kappa shape index (κ1) is 24.7. The molecule has 11 heteroatoms. The van der Waals surface area contributed by atoms with Crippen LogP contribution in [-0.2, 0) is 11.0 Å². The number of nitrogens with one attached hydrogen (secondary N) is 3. The van der Waals surface area contributed by atoms with Gasteiger partial charge >= 0.3 is 6.18 Å². The number of amides is 2. The lowest BCUT2D eigenvalue weighted by atomic mass is 9.90. The van der Waals surface area contributed by atoms with Crippen molar-refractivity contribution in [2.45, 2.75) is 50.9 Å². The second kappa shape index (κ2) is 10.1. The lowest BCUT2D eigenvalue weighted by molar-refractivity contribution is -0.140. The van der Waals surface area contributed by atoms with Crippen LogP contribution in [0.25, 0.3) is 10.9 Å². The van der Waals surface area contributed by atoms with Crippen LogP contribution >= 0.6 is 11.6 Å². The summed E-state index contributed by atoms with van der Waals surface area (Å²) in [5, 5.41) is 9.69. The Balaban J connectivity index is 1.41. The Hall–Kier alpha value is -3.40. The second-order valence-electron chi connectivity index (χ2n) is 8.49. The Kier molecular flexibility index (Phi) is 7.11. The molecule has 0 spiro atoms. The summed E-state index contributed by atoms with van der Waals surface area (Å²) >= 11 is 6.07. The van der Waals surface area contributed by atoms with E-state index < -0.39 is 11.9 Å². The molecule has 2 amide bonds. The monoisotopic (exact) mass is 505 g/mol. The molecule has 1 aliphatic carbocycles. The van der Waals surface area contributed by atoms with Crippen molar-refractivity contribution in [3.8, 4) is 0 Å². The molecule has 35 heavy (non-hydrogen) atoms. The highest BCUT2D eigenvalue weighted by molar-refractivity contribution is 6.31. The predicted molar refractivity (Wildman–Crippen MR) is 127 cm³/mol. The van der Waals surface area contributed by atoms with Gasteiger partial charge in [0.1, 0.15) is 11.5 Å². The minimum absolute atomic E-state index is 0.0684. The number of carbonyl (C=O) groups is 2. The molecule has 1 fully saturated rings. The van der Waals surface area contributed by atoms with Crippen LogP contribution in [0.3, 0.4) is 0 Å². The Bertz CT molecular complexity index is 1260. The maximum Gasteiger partial charge on any atom is 0.433 e. The highest BCUT2D eigenvalue weighted by Crippen LogP contribution is 2.35. The molecular formula is C24H23ClF3N5O2. The molecule has 0 radical (unpaired) electrons. The normalized spacial score (nSPS) is 18.2. The maximum atomic E-state index is 13.4. The van der Waals surface area contributed by atoms with Crippen molar-refractivity contribution in [2.75, 3.05) is 10.6 Å². The zero-order valence-electron chi connectivity index (χ0n) is 18.7. The number of alkyl halides is 3. The van der Waals surface area contributed by atoms with E-state index in [1.807, 2.05) is 0 Å². The summed E-state index contributed by atoms with van der Waals surface area (Å²) in [6.45, 7) is 1.36. The van der Waals surface area contributed by atoms with Gasteiger partial charge in [0, 0.05) is 46.9 Å². The van der Waals surface area contributed by atoms with Gasteiger partial charge in [0.15, 0.2) is 0 Å². The fraction of sp³-hybridized carbons (Fsp3) is 0.333. The largest absolute Gasteiger partial charge is 0.433 e. The summed E-state index contributed by atoms with van der Waals surface area (Å²) in [5.41, 5.74) is -0.0428. The first-order valence-electron chi connectivity index (χ1n) is 11.1. The molecule has 2 heterocycles. The predicted octanol–water partition coefficient (Wildman–Crippen LogP) is 5.41. The van der Waals surface area contributed by atoms with E-state index in [2.05, 4.69) is 25.9 Å². The van der Waals surface area contributed by atoms with Crippen molar-refractivity contribution in [1.29, 1.82) is 0 Å². The lowest BCUT2D eigenvalue weighted by Crippen LogP contribution is -2.40. The number of hydrogen-bond donors (Lipinski definition) is 3. The first-order valence-corrected chi connectivity index (χ1v) is 11.4. The summed E-state index contributed by atoms with van der Waals surface area (Å²) in [5.74, 6) is -0.270. The summed E-state index contributed by atoms with van der Waals surface area (Å²) < 4.78 is 40.1. The van der Waals surface area contributed by atoms with E-state index in [4.69, 9.17) is 11.6 Å². The fourth-order valence-corrected chi connectivity index (χ4v) is 4.33. The zero-order chi connectivity index (χ0) is 25.2. The smallest absolute Gasteiger partial charge is 0.382 e. The van der Waals surface area contributed by atoms with Crippen LogP contribution in [-0.4, -0.2) is 33.9 Å². The van der Waals surface area contributed by atoms with Gasteiger partial charge in [-0.2, -0.15) is 13.2 Å². The van der Waals surface area contributed by atoms with Gasteiger partial charge in [0.2, 0.25) is 5.91 Å². The first-order chi connectivity index (χ1) is 16.6. The van der Waals surface area contributed by atoms with E-state index in [0.717, 1.165) is 6.07 Å². The van der Waals surface area contributed by atoms with Crippen LogP contribution in [0.4, 0.5) is 24.7 Å². The Morgan fingerprint density at radius 2 is 1.74 bits per heavy atom. The summed E-state index contributed by atoms with van der Waals surface area (Å²) in [4.78, 5) is 31.6. The number of pyridine rings is 2. The van der Waals surface area contributed by atoms with Crippen LogP contribution < -0.4 is 16.0 Å². The Morgan fingerprint density at radius 1 is 1.03 bits per heavy atom. The molecule has 7 nitrogen and oxygen atoms in total. The molecule has 1 saturated carbocycles. The standard InChI is InChI=1S/C24H23ClF3N5O2/c1-13(34)30-22-10-14(8-9-29-22)23(35)32-17-5-3-16(4-6-17)31-20-12-21(24(26,27)28)33-19-7-2-15(25)11-18(19)20/h2,7-12,16-17H,3-6H2,1H3,(H,31,33)(H,32,35)(H,29,30,34). The number of anilines is 2. The van der Waals surface area contributed by atoms with Gasteiger partial charge in [0.05, 0.1) is 5.52 Å². The van der Waals surface area contributed by atoms with Crippen molar-refractivity contribution in [3.05, 3.63) is 58.9 Å². The van der Waals surface area contributed by atoms with Gasteiger partial charge in [-0.15, -0.1) is 0 Å². The molecule has 0 unspecified atom stereocenters. The third-order valence-electron chi connectivity index (χ3n) is 5.81. The molecular weight excluding hydrogens is 483 g/mol. The van der Waals surface area contributed by atoms with Gasteiger partial charge < -0.3 is 16.0 Å². The van der Waals surface area contributed by atoms with E-state index in [0.29, 0.717) is 53.2 Å². The Labute approximate surface area is 204 Å². The van der Waals surface area contributed by atoms with Crippen molar-refractivity contribution in [3.63, 3.8) is 0 Å². The van der Waals surface area contributed by atoms with E-state index in [1.54, 1.807) is 12.1 Å². The van der Waals surface area contributed by atoms with E-state index >= 15 is 0 Å². The number of fused-ring (bicyclic) bond motifs is 1. The third-order valence-corrected chi connectivity index (χ3v) is 6.04. The lowest BCUT2D eigenvalue weighted by Gasteiger charge is -2.30. The Morgan fingerprint density at radius 3 is 2.43 bits per heavy atom. The zero-order valence-corrected chi connectivity index (χ0v) is 19.5. The molecule has 184 valence electrons. The average Bonchev–Trinajstić information content (AvgIpc) is 2.79. The number of halogens is 4. The van der Waals surface area contributed by atoms with Crippen molar-refractivity contribution >= 4 is 45.8 Å². The average molecular weight is 506 g/mol.